The van der Waals surface area contributed by atoms with Gasteiger partial charge in [-0.2, -0.15) is 0 Å². The highest BCUT2D eigenvalue weighted by Crippen LogP contribution is 2.41. The third-order valence-electron chi connectivity index (χ3n) is 13.7. The quantitative estimate of drug-likeness (QED) is 0.0427. The number of ether oxygens (including phenoxy) is 2. The second kappa shape index (κ2) is 27.1. The largest absolute Gasteiger partial charge is 0.507 e. The van der Waals surface area contributed by atoms with Gasteiger partial charge >= 0.3 is 0 Å². The van der Waals surface area contributed by atoms with Crippen molar-refractivity contribution in [1.82, 2.24) is 19.5 Å². The number of para-hydroxylation sites is 1. The SMILES string of the molecule is CCCCCCC(CCCC)COc1ccc(-c2nc(-c3ccc(OCC(CCCC)CCCCCC)c(C)c3O)nc(-c3cn(CC(CC)CCCC)c4ccccc34)n2)c(O)c1C. The van der Waals surface area contributed by atoms with Crippen molar-refractivity contribution in [2.45, 2.75) is 190 Å². The molecule has 0 bridgehead atoms. The third kappa shape index (κ3) is 14.4. The maximum atomic E-state index is 12.0. The van der Waals surface area contributed by atoms with Crippen molar-refractivity contribution >= 4 is 10.9 Å². The van der Waals surface area contributed by atoms with Gasteiger partial charge in [0.05, 0.1) is 24.3 Å². The van der Waals surface area contributed by atoms with E-state index >= 15 is 0 Å². The van der Waals surface area contributed by atoms with Gasteiger partial charge in [-0.25, -0.2) is 15.0 Å². The highest BCUT2D eigenvalue weighted by molar-refractivity contribution is 5.95. The number of fused-ring (bicyclic) bond motifs is 1. The first kappa shape index (κ1) is 51.4. The molecule has 65 heavy (non-hydrogen) atoms. The Kier molecular flexibility index (Phi) is 21.5. The molecule has 2 N–H and O–H groups in total. The van der Waals surface area contributed by atoms with Gasteiger partial charge in [-0.05, 0) is 94.0 Å². The molecule has 8 heteroatoms. The van der Waals surface area contributed by atoms with Crippen LogP contribution in [0.25, 0.3) is 45.1 Å². The maximum absolute atomic E-state index is 12.0. The summed E-state index contributed by atoms with van der Waals surface area (Å²) in [6.07, 6.45) is 26.2. The molecule has 0 radical (unpaired) electrons. The molecule has 5 aromatic rings. The molecule has 0 spiro atoms. The van der Waals surface area contributed by atoms with Crippen molar-refractivity contribution in [2.24, 2.45) is 17.8 Å². The van der Waals surface area contributed by atoms with Crippen LogP contribution >= 0.6 is 0 Å². The minimum Gasteiger partial charge on any atom is -0.507 e. The Labute approximate surface area is 393 Å². The van der Waals surface area contributed by atoms with Gasteiger partial charge in [0.2, 0.25) is 0 Å². The summed E-state index contributed by atoms with van der Waals surface area (Å²) in [5, 5.41) is 25.0. The fraction of sp³-hybridized carbons (Fsp3) is 0.596. The van der Waals surface area contributed by atoms with Crippen LogP contribution in [0.15, 0.2) is 54.7 Å². The van der Waals surface area contributed by atoms with E-state index in [1.165, 1.54) is 96.3 Å². The number of aromatic hydroxyl groups is 2. The highest BCUT2D eigenvalue weighted by atomic mass is 16.5. The fourth-order valence-electron chi connectivity index (χ4n) is 9.29. The average Bonchev–Trinajstić information content (AvgIpc) is 3.69. The van der Waals surface area contributed by atoms with Crippen LogP contribution in [-0.2, 0) is 6.54 Å². The van der Waals surface area contributed by atoms with Crippen molar-refractivity contribution < 1.29 is 19.7 Å². The van der Waals surface area contributed by atoms with Crippen LogP contribution in [0, 0.1) is 31.6 Å². The lowest BCUT2D eigenvalue weighted by Crippen LogP contribution is -2.13. The van der Waals surface area contributed by atoms with E-state index in [0.29, 0.717) is 82.2 Å². The fourth-order valence-corrected chi connectivity index (χ4v) is 9.29. The predicted octanol–water partition coefficient (Wildman–Crippen LogP) is 16.4. The molecule has 3 aromatic carbocycles. The van der Waals surface area contributed by atoms with Gasteiger partial charge in [-0.15, -0.1) is 0 Å². The Morgan fingerprint density at radius 3 is 1.38 bits per heavy atom. The number of hydrogen-bond acceptors (Lipinski definition) is 7. The van der Waals surface area contributed by atoms with E-state index in [2.05, 4.69) is 76.6 Å². The van der Waals surface area contributed by atoms with Crippen molar-refractivity contribution in [3.05, 3.63) is 65.9 Å². The van der Waals surface area contributed by atoms with Crippen molar-refractivity contribution in [3.8, 4) is 57.2 Å². The van der Waals surface area contributed by atoms with Gasteiger partial charge in [0.15, 0.2) is 17.5 Å². The van der Waals surface area contributed by atoms with Crippen LogP contribution < -0.4 is 9.47 Å². The molecule has 2 heterocycles. The molecule has 0 aliphatic rings. The summed E-state index contributed by atoms with van der Waals surface area (Å²) in [6, 6.07) is 16.1. The van der Waals surface area contributed by atoms with E-state index in [9.17, 15) is 10.2 Å². The summed E-state index contributed by atoms with van der Waals surface area (Å²) in [5.41, 5.74) is 4.31. The zero-order valence-corrected chi connectivity index (χ0v) is 41.7. The van der Waals surface area contributed by atoms with E-state index in [4.69, 9.17) is 24.4 Å². The van der Waals surface area contributed by atoms with Crippen LogP contribution in [0.1, 0.15) is 181 Å². The lowest BCUT2D eigenvalue weighted by atomic mass is 9.96. The van der Waals surface area contributed by atoms with Gasteiger partial charge in [0.25, 0.3) is 0 Å². The van der Waals surface area contributed by atoms with Crippen molar-refractivity contribution in [3.63, 3.8) is 0 Å². The summed E-state index contributed by atoms with van der Waals surface area (Å²) >= 11 is 0. The first-order valence-electron chi connectivity index (χ1n) is 25.9. The molecule has 356 valence electrons. The molecule has 0 amide bonds. The second-order valence-electron chi connectivity index (χ2n) is 18.9. The van der Waals surface area contributed by atoms with Gasteiger partial charge in [0, 0.05) is 40.3 Å². The molecule has 0 aliphatic carbocycles. The number of unbranched alkanes of at least 4 members (excludes halogenated alkanes) is 9. The molecule has 5 rings (SSSR count). The number of rotatable bonds is 31. The van der Waals surface area contributed by atoms with Gasteiger partial charge in [-0.1, -0.05) is 156 Å². The van der Waals surface area contributed by atoms with Crippen molar-refractivity contribution in [2.75, 3.05) is 13.2 Å². The number of nitrogens with zero attached hydrogens (tertiary/aromatic N) is 4. The topological polar surface area (TPSA) is 103 Å². The lowest BCUT2D eigenvalue weighted by Gasteiger charge is -2.20. The molecule has 0 fully saturated rings. The third-order valence-corrected chi connectivity index (χ3v) is 13.7. The summed E-state index contributed by atoms with van der Waals surface area (Å²) < 4.78 is 15.3. The Morgan fingerprint density at radius 2 is 0.923 bits per heavy atom. The van der Waals surface area contributed by atoms with E-state index in [1.54, 1.807) is 0 Å². The molecule has 0 aliphatic heterocycles. The minimum atomic E-state index is 0.0827. The summed E-state index contributed by atoms with van der Waals surface area (Å²) in [6.45, 7) is 19.5. The van der Waals surface area contributed by atoms with Crippen LogP contribution in [-0.4, -0.2) is 42.9 Å². The Morgan fingerprint density at radius 1 is 0.492 bits per heavy atom. The molecular formula is C57H84N4O4. The van der Waals surface area contributed by atoms with Crippen LogP contribution in [0.3, 0.4) is 0 Å². The Bertz CT molecular complexity index is 2080. The zero-order chi connectivity index (χ0) is 46.6. The van der Waals surface area contributed by atoms with Gasteiger partial charge < -0.3 is 24.3 Å². The molecule has 0 saturated heterocycles. The number of phenolic OH excluding ortho intramolecular Hbond substituents is 2. The standard InChI is InChI=1S/C57H84N4O4/c1-9-15-20-22-29-44(27-18-12-4)39-64-51-35-33-47(53(62)41(51)7)55-58-56(48-34-36-52(42(8)54(48)63)65-40-45(28-19-13-5)30-23-21-16-10-2)60-57(59-55)49-38-61(37-43(14-6)26-17-11-3)50-32-25-24-31-46(49)50/h24-25,31-36,38,43-45,62-63H,9-23,26-30,37,39-40H2,1-8H3. The number of phenols is 2. The van der Waals surface area contributed by atoms with E-state index in [1.807, 2.05) is 38.1 Å². The van der Waals surface area contributed by atoms with Gasteiger partial charge in [-0.3, -0.25) is 0 Å². The highest BCUT2D eigenvalue weighted by Gasteiger charge is 2.24. The molecule has 8 nitrogen and oxygen atoms in total. The smallest absolute Gasteiger partial charge is 0.167 e. The Balaban J connectivity index is 1.55. The van der Waals surface area contributed by atoms with E-state index in [-0.39, 0.29) is 11.5 Å². The van der Waals surface area contributed by atoms with Crippen LogP contribution in [0.5, 0.6) is 23.0 Å². The normalized spacial score (nSPS) is 13.0. The summed E-state index contributed by atoms with van der Waals surface area (Å²) in [4.78, 5) is 15.3. The monoisotopic (exact) mass is 889 g/mol. The van der Waals surface area contributed by atoms with E-state index in [0.717, 1.165) is 55.1 Å². The number of hydrogen-bond donors (Lipinski definition) is 2. The van der Waals surface area contributed by atoms with Crippen LogP contribution in [0.2, 0.25) is 0 Å². The first-order chi connectivity index (χ1) is 31.7. The van der Waals surface area contributed by atoms with E-state index < -0.39 is 0 Å². The Hall–Kier alpha value is -4.59. The first-order valence-corrected chi connectivity index (χ1v) is 25.9. The summed E-state index contributed by atoms with van der Waals surface area (Å²) in [5.74, 6) is 4.18. The molecule has 3 atom stereocenters. The minimum absolute atomic E-state index is 0.0827. The maximum Gasteiger partial charge on any atom is 0.167 e. The average molecular weight is 889 g/mol. The van der Waals surface area contributed by atoms with Crippen molar-refractivity contribution in [1.29, 1.82) is 0 Å². The van der Waals surface area contributed by atoms with Crippen LogP contribution in [0.4, 0.5) is 0 Å². The molecule has 0 saturated carbocycles. The number of benzene rings is 3. The number of aromatic nitrogens is 4. The molecule has 2 aromatic heterocycles. The lowest BCUT2D eigenvalue weighted by molar-refractivity contribution is 0.223. The zero-order valence-electron chi connectivity index (χ0n) is 41.7. The van der Waals surface area contributed by atoms with Gasteiger partial charge in [0.1, 0.15) is 23.0 Å². The predicted molar refractivity (Wildman–Crippen MR) is 272 cm³/mol. The summed E-state index contributed by atoms with van der Waals surface area (Å²) in [7, 11) is 0. The molecule has 3 unspecified atom stereocenters. The second-order valence-corrected chi connectivity index (χ2v) is 18.9. The molecular weight excluding hydrogens is 805 g/mol.